The molecule has 142 valence electrons. The number of benzene rings is 2. The molecule has 1 aromatic heterocycles. The molecule has 27 heavy (non-hydrogen) atoms. The van der Waals surface area contributed by atoms with E-state index in [0.29, 0.717) is 19.5 Å². The summed E-state index contributed by atoms with van der Waals surface area (Å²) in [5.74, 6) is -1.44. The van der Waals surface area contributed by atoms with Crippen LogP contribution in [0.25, 0.3) is 11.0 Å². The minimum Gasteiger partial charge on any atom is -0.464 e. The quantitative estimate of drug-likeness (QED) is 0.716. The van der Waals surface area contributed by atoms with Crippen LogP contribution in [0.4, 0.5) is 8.78 Å². The fourth-order valence-electron chi connectivity index (χ4n) is 4.31. The highest BCUT2D eigenvalue weighted by Crippen LogP contribution is 2.49. The van der Waals surface area contributed by atoms with Crippen molar-refractivity contribution in [3.05, 3.63) is 71.5 Å². The molecule has 5 heteroatoms. The van der Waals surface area contributed by atoms with Crippen LogP contribution in [0.1, 0.15) is 31.4 Å². The van der Waals surface area contributed by atoms with E-state index in [2.05, 4.69) is 17.0 Å². The molecule has 0 amide bonds. The van der Waals surface area contributed by atoms with Gasteiger partial charge in [0.15, 0.2) is 0 Å². The summed E-state index contributed by atoms with van der Waals surface area (Å²) in [6.07, 6.45) is 1.67. The molecule has 0 saturated carbocycles. The minimum absolute atomic E-state index is 0.0632. The molecular weight excluding hydrogens is 348 g/mol. The Kier molecular flexibility index (Phi) is 4.32. The number of hydrogen-bond acceptors (Lipinski definition) is 3. The van der Waals surface area contributed by atoms with Crippen molar-refractivity contribution in [2.75, 3.05) is 13.1 Å². The van der Waals surface area contributed by atoms with Crippen LogP contribution in [0.15, 0.2) is 53.1 Å². The van der Waals surface area contributed by atoms with Crippen LogP contribution in [-0.4, -0.2) is 23.1 Å². The van der Waals surface area contributed by atoms with Gasteiger partial charge in [0.05, 0.1) is 17.2 Å². The second-order valence-electron chi connectivity index (χ2n) is 8.07. The lowest BCUT2D eigenvalue weighted by atomic mass is 9.66. The summed E-state index contributed by atoms with van der Waals surface area (Å²) >= 11 is 0. The topological polar surface area (TPSA) is 36.6 Å². The highest BCUT2D eigenvalue weighted by Gasteiger charge is 2.51. The third-order valence-electron chi connectivity index (χ3n) is 5.83. The maximum Gasteiger partial charge on any atom is 0.145 e. The first-order valence-electron chi connectivity index (χ1n) is 9.16. The normalized spacial score (nSPS) is 23.0. The molecule has 4 rings (SSSR count). The van der Waals surface area contributed by atoms with E-state index in [1.807, 2.05) is 32.0 Å². The highest BCUT2D eigenvalue weighted by atomic mass is 19.1. The molecular formula is C22H23F2NO2. The number of halogens is 2. The maximum absolute atomic E-state index is 14.8. The predicted molar refractivity (Wildman–Crippen MR) is 100 cm³/mol. The molecule has 1 saturated heterocycles. The van der Waals surface area contributed by atoms with Gasteiger partial charge in [-0.05, 0) is 18.1 Å². The Labute approximate surface area is 157 Å². The van der Waals surface area contributed by atoms with E-state index in [9.17, 15) is 13.9 Å². The van der Waals surface area contributed by atoms with Gasteiger partial charge < -0.3 is 9.52 Å². The third kappa shape index (κ3) is 2.95. The van der Waals surface area contributed by atoms with E-state index in [1.54, 1.807) is 0 Å². The van der Waals surface area contributed by atoms with Crippen LogP contribution in [0.3, 0.4) is 0 Å². The fraction of sp³-hybridized carbons (Fsp3) is 0.364. The van der Waals surface area contributed by atoms with Gasteiger partial charge in [-0.25, -0.2) is 8.78 Å². The van der Waals surface area contributed by atoms with Crippen LogP contribution in [0.5, 0.6) is 0 Å². The van der Waals surface area contributed by atoms with Crippen molar-refractivity contribution in [2.45, 2.75) is 32.4 Å². The van der Waals surface area contributed by atoms with E-state index in [0.717, 1.165) is 12.6 Å². The van der Waals surface area contributed by atoms with Gasteiger partial charge in [0.1, 0.15) is 22.8 Å². The summed E-state index contributed by atoms with van der Waals surface area (Å²) < 4.78 is 34.3. The monoisotopic (exact) mass is 371 g/mol. The third-order valence-corrected chi connectivity index (χ3v) is 5.83. The molecule has 2 aromatic carbocycles. The van der Waals surface area contributed by atoms with Crippen LogP contribution < -0.4 is 0 Å². The Morgan fingerprint density at radius 3 is 2.56 bits per heavy atom. The van der Waals surface area contributed by atoms with Gasteiger partial charge in [0.2, 0.25) is 0 Å². The highest BCUT2D eigenvalue weighted by molar-refractivity contribution is 5.82. The van der Waals surface area contributed by atoms with Gasteiger partial charge in [0, 0.05) is 31.1 Å². The number of nitrogens with zero attached hydrogens (tertiary/aromatic N) is 1. The fourth-order valence-corrected chi connectivity index (χ4v) is 4.31. The SMILES string of the molecule is CC1(C)CN(Cc2ccccc2)CCC1(O)c1c(F)cc(F)c2ccoc12. The smallest absolute Gasteiger partial charge is 0.145 e. The summed E-state index contributed by atoms with van der Waals surface area (Å²) in [4.78, 5) is 2.25. The molecule has 1 unspecified atom stereocenters. The van der Waals surface area contributed by atoms with Crippen molar-refractivity contribution < 1.29 is 18.3 Å². The van der Waals surface area contributed by atoms with E-state index in [4.69, 9.17) is 4.42 Å². The lowest BCUT2D eigenvalue weighted by Gasteiger charge is -2.50. The van der Waals surface area contributed by atoms with Crippen LogP contribution >= 0.6 is 0 Å². The number of rotatable bonds is 3. The first kappa shape index (κ1) is 18.1. The van der Waals surface area contributed by atoms with E-state index < -0.39 is 22.7 Å². The molecule has 2 heterocycles. The Balaban J connectivity index is 1.69. The van der Waals surface area contributed by atoms with Gasteiger partial charge in [-0.3, -0.25) is 4.90 Å². The number of fused-ring (bicyclic) bond motifs is 1. The summed E-state index contributed by atoms with van der Waals surface area (Å²) in [5, 5.41) is 11.8. The summed E-state index contributed by atoms with van der Waals surface area (Å²) in [7, 11) is 0. The van der Waals surface area contributed by atoms with Crippen molar-refractivity contribution >= 4 is 11.0 Å². The summed E-state index contributed by atoms with van der Waals surface area (Å²) in [6.45, 7) is 5.79. The van der Waals surface area contributed by atoms with Crippen molar-refractivity contribution in [1.29, 1.82) is 0 Å². The molecule has 0 radical (unpaired) electrons. The zero-order valence-corrected chi connectivity index (χ0v) is 15.5. The lowest BCUT2D eigenvalue weighted by molar-refractivity contribution is -0.128. The van der Waals surface area contributed by atoms with Crippen molar-refractivity contribution in [2.24, 2.45) is 5.41 Å². The van der Waals surface area contributed by atoms with Gasteiger partial charge in [0.25, 0.3) is 0 Å². The lowest BCUT2D eigenvalue weighted by Crippen LogP contribution is -2.55. The minimum atomic E-state index is -1.45. The van der Waals surface area contributed by atoms with Crippen molar-refractivity contribution in [1.82, 2.24) is 4.90 Å². The molecule has 0 aliphatic carbocycles. The molecule has 0 bridgehead atoms. The largest absolute Gasteiger partial charge is 0.464 e. The van der Waals surface area contributed by atoms with Crippen LogP contribution in [0, 0.1) is 17.0 Å². The summed E-state index contributed by atoms with van der Waals surface area (Å²) in [5.41, 5.74) is -0.750. The zero-order chi connectivity index (χ0) is 19.2. The van der Waals surface area contributed by atoms with E-state index in [1.165, 1.54) is 17.9 Å². The second-order valence-corrected chi connectivity index (χ2v) is 8.07. The molecule has 0 spiro atoms. The van der Waals surface area contributed by atoms with Crippen LogP contribution in [-0.2, 0) is 12.1 Å². The number of piperidine rings is 1. The number of likely N-dealkylation sites (tertiary alicyclic amines) is 1. The summed E-state index contributed by atoms with van der Waals surface area (Å²) in [6, 6.07) is 12.4. The zero-order valence-electron chi connectivity index (χ0n) is 15.5. The average molecular weight is 371 g/mol. The van der Waals surface area contributed by atoms with Crippen molar-refractivity contribution in [3.8, 4) is 0 Å². The number of aliphatic hydroxyl groups is 1. The Bertz CT molecular complexity index is 967. The van der Waals surface area contributed by atoms with Gasteiger partial charge in [-0.15, -0.1) is 0 Å². The standard InChI is InChI=1S/C22H23F2NO2/c1-21(2)14-25(13-15-6-4-3-5-7-15)10-9-22(21,26)19-18(24)12-17(23)16-8-11-27-20(16)19/h3-8,11-12,26H,9-10,13-14H2,1-2H3. The molecule has 3 nitrogen and oxygen atoms in total. The Morgan fingerprint density at radius 1 is 1.11 bits per heavy atom. The van der Waals surface area contributed by atoms with Gasteiger partial charge in [-0.2, -0.15) is 0 Å². The molecule has 1 aliphatic heterocycles. The number of hydrogen-bond donors (Lipinski definition) is 1. The number of furan rings is 1. The maximum atomic E-state index is 14.8. The molecule has 3 aromatic rings. The van der Waals surface area contributed by atoms with E-state index in [-0.39, 0.29) is 16.5 Å². The first-order chi connectivity index (χ1) is 12.8. The Morgan fingerprint density at radius 2 is 1.85 bits per heavy atom. The molecule has 1 N–H and O–H groups in total. The first-order valence-corrected chi connectivity index (χ1v) is 9.16. The van der Waals surface area contributed by atoms with Crippen molar-refractivity contribution in [3.63, 3.8) is 0 Å². The van der Waals surface area contributed by atoms with E-state index >= 15 is 0 Å². The van der Waals surface area contributed by atoms with Gasteiger partial charge >= 0.3 is 0 Å². The molecule has 1 aliphatic rings. The second kappa shape index (κ2) is 6.43. The average Bonchev–Trinajstić information content (AvgIpc) is 3.09. The molecule has 1 atom stereocenters. The van der Waals surface area contributed by atoms with Gasteiger partial charge in [-0.1, -0.05) is 44.2 Å². The predicted octanol–water partition coefficient (Wildman–Crippen LogP) is 4.83. The Hall–Kier alpha value is -2.24. The van der Waals surface area contributed by atoms with Crippen LogP contribution in [0.2, 0.25) is 0 Å². The molecule has 1 fully saturated rings.